The van der Waals surface area contributed by atoms with E-state index in [-0.39, 0.29) is 10.8 Å². The van der Waals surface area contributed by atoms with Gasteiger partial charge < -0.3 is 9.52 Å². The fourth-order valence-corrected chi connectivity index (χ4v) is 3.67. The largest absolute Gasteiger partial charge is 0.506 e. The lowest BCUT2D eigenvalue weighted by molar-refractivity contribution is 0.475. The summed E-state index contributed by atoms with van der Waals surface area (Å²) in [5.41, 5.74) is 4.80. The number of aromatic hydroxyl groups is 1. The number of phenols is 1. The molecule has 30 heavy (non-hydrogen) atoms. The monoisotopic (exact) mass is 438 g/mol. The van der Waals surface area contributed by atoms with Crippen LogP contribution in [-0.4, -0.2) is 16.3 Å². The van der Waals surface area contributed by atoms with Gasteiger partial charge in [0.25, 0.3) is 0 Å². The zero-order valence-corrected chi connectivity index (χ0v) is 18.1. The minimum atomic E-state index is -0.0583. The predicted molar refractivity (Wildman–Crippen MR) is 124 cm³/mol. The topological polar surface area (TPSA) is 58.6 Å². The first-order valence-corrected chi connectivity index (χ1v) is 10.4. The van der Waals surface area contributed by atoms with E-state index in [2.05, 4.69) is 36.0 Å². The molecular weight excluding hydrogens is 419 g/mol. The van der Waals surface area contributed by atoms with Crippen LogP contribution in [0.5, 0.6) is 5.75 Å². The smallest absolute Gasteiger partial charge is 0.227 e. The Labute approximate surface area is 184 Å². The van der Waals surface area contributed by atoms with Crippen molar-refractivity contribution in [2.24, 2.45) is 4.99 Å². The first-order chi connectivity index (χ1) is 14.4. The Hall–Kier alpha value is -2.82. The molecule has 0 aliphatic heterocycles. The van der Waals surface area contributed by atoms with Gasteiger partial charge in [-0.1, -0.05) is 49.2 Å². The summed E-state index contributed by atoms with van der Waals surface area (Å²) in [6.45, 7) is 4.38. The molecule has 3 aromatic carbocycles. The van der Waals surface area contributed by atoms with Crippen LogP contribution in [-0.2, 0) is 0 Å². The summed E-state index contributed by atoms with van der Waals surface area (Å²) in [5.74, 6) is 0.956. The van der Waals surface area contributed by atoms with E-state index in [1.807, 2.05) is 30.3 Å². The summed E-state index contributed by atoms with van der Waals surface area (Å²) >= 11 is 12.0. The van der Waals surface area contributed by atoms with Crippen molar-refractivity contribution < 1.29 is 9.52 Å². The molecule has 4 rings (SSSR count). The molecule has 152 valence electrons. The van der Waals surface area contributed by atoms with E-state index in [4.69, 9.17) is 27.6 Å². The van der Waals surface area contributed by atoms with Crippen LogP contribution in [0.2, 0.25) is 10.0 Å². The van der Waals surface area contributed by atoms with Crippen molar-refractivity contribution in [1.82, 2.24) is 4.98 Å². The van der Waals surface area contributed by atoms with Crippen LogP contribution < -0.4 is 0 Å². The van der Waals surface area contributed by atoms with Gasteiger partial charge in [0, 0.05) is 22.4 Å². The molecule has 0 amide bonds. The van der Waals surface area contributed by atoms with Gasteiger partial charge in [-0.05, 0) is 60.4 Å². The van der Waals surface area contributed by atoms with Crippen LogP contribution in [0.3, 0.4) is 0 Å². The van der Waals surface area contributed by atoms with E-state index >= 15 is 0 Å². The molecule has 1 aromatic heterocycles. The number of fused-ring (bicyclic) bond motifs is 1. The van der Waals surface area contributed by atoms with E-state index in [9.17, 15) is 5.11 Å². The Morgan fingerprint density at radius 3 is 2.77 bits per heavy atom. The van der Waals surface area contributed by atoms with E-state index in [1.54, 1.807) is 6.07 Å². The number of oxazole rings is 1. The Morgan fingerprint density at radius 2 is 1.97 bits per heavy atom. The second kappa shape index (κ2) is 8.50. The number of aliphatic imine (C=N–C) groups is 1. The summed E-state index contributed by atoms with van der Waals surface area (Å²) in [6, 6.07) is 16.8. The molecule has 0 aliphatic rings. The summed E-state index contributed by atoms with van der Waals surface area (Å²) in [7, 11) is 0. The van der Waals surface area contributed by atoms with Gasteiger partial charge in [0.1, 0.15) is 11.3 Å². The third kappa shape index (κ3) is 4.20. The maximum Gasteiger partial charge on any atom is 0.227 e. The summed E-state index contributed by atoms with van der Waals surface area (Å²) in [5, 5.41) is 10.7. The van der Waals surface area contributed by atoms with Crippen LogP contribution in [0.4, 0.5) is 5.69 Å². The molecule has 1 unspecified atom stereocenters. The molecule has 1 heterocycles. The molecular formula is C24H20Cl2N2O2. The minimum absolute atomic E-state index is 0.0583. The normalized spacial score (nSPS) is 12.7. The van der Waals surface area contributed by atoms with Gasteiger partial charge in [-0.15, -0.1) is 0 Å². The molecule has 0 fully saturated rings. The van der Waals surface area contributed by atoms with E-state index < -0.39 is 0 Å². The Balaban J connectivity index is 1.65. The number of hydrogen-bond acceptors (Lipinski definition) is 4. The van der Waals surface area contributed by atoms with Crippen LogP contribution in [0.15, 0.2) is 64.0 Å². The quantitative estimate of drug-likeness (QED) is 0.323. The zero-order valence-electron chi connectivity index (χ0n) is 16.6. The fourth-order valence-electron chi connectivity index (χ4n) is 3.16. The highest BCUT2D eigenvalue weighted by Gasteiger charge is 2.11. The average Bonchev–Trinajstić information content (AvgIpc) is 3.18. The number of rotatable bonds is 5. The van der Waals surface area contributed by atoms with Crippen LogP contribution in [0, 0.1) is 0 Å². The van der Waals surface area contributed by atoms with Gasteiger partial charge in [-0.25, -0.2) is 4.98 Å². The standard InChI is InChI=1S/C24H20Cl2N2O2/c1-3-14(2)15-7-8-22-21(11-15)28-24(30-22)16-5-4-6-19(10-16)27-13-17-9-18(25)12-20(26)23(17)29/h4-14,29H,3H2,1-2H3. The molecule has 0 saturated carbocycles. The molecule has 6 heteroatoms. The van der Waals surface area contributed by atoms with Crippen molar-refractivity contribution in [3.05, 3.63) is 75.8 Å². The molecule has 0 radical (unpaired) electrons. The van der Waals surface area contributed by atoms with Gasteiger partial charge in [0.2, 0.25) is 5.89 Å². The molecule has 1 N–H and O–H groups in total. The van der Waals surface area contributed by atoms with E-state index in [0.717, 1.165) is 23.1 Å². The number of halogens is 2. The van der Waals surface area contributed by atoms with E-state index in [1.165, 1.54) is 17.8 Å². The second-order valence-corrected chi connectivity index (χ2v) is 8.03. The van der Waals surface area contributed by atoms with Gasteiger partial charge in [0.15, 0.2) is 5.58 Å². The SMILES string of the molecule is CCC(C)c1ccc2oc(-c3cccc(N=Cc4cc(Cl)cc(Cl)c4O)c3)nc2c1. The molecule has 0 saturated heterocycles. The van der Waals surface area contributed by atoms with Crippen LogP contribution >= 0.6 is 23.2 Å². The maximum atomic E-state index is 10.1. The van der Waals surface area contributed by atoms with Gasteiger partial charge in [-0.3, -0.25) is 4.99 Å². The third-order valence-corrected chi connectivity index (χ3v) is 5.60. The second-order valence-electron chi connectivity index (χ2n) is 7.19. The van der Waals surface area contributed by atoms with Crippen molar-refractivity contribution >= 4 is 46.2 Å². The first-order valence-electron chi connectivity index (χ1n) is 9.67. The lowest BCUT2D eigenvalue weighted by Crippen LogP contribution is -1.90. The molecule has 0 aliphatic carbocycles. The van der Waals surface area contributed by atoms with Crippen molar-refractivity contribution in [2.45, 2.75) is 26.2 Å². The number of aromatic nitrogens is 1. The molecule has 4 aromatic rings. The lowest BCUT2D eigenvalue weighted by atomic mass is 9.98. The summed E-state index contributed by atoms with van der Waals surface area (Å²) in [4.78, 5) is 9.10. The molecule has 1 atom stereocenters. The lowest BCUT2D eigenvalue weighted by Gasteiger charge is -2.07. The number of phenolic OH excluding ortho intramolecular Hbond substituents is 1. The number of benzene rings is 3. The minimum Gasteiger partial charge on any atom is -0.506 e. The highest BCUT2D eigenvalue weighted by Crippen LogP contribution is 2.32. The maximum absolute atomic E-state index is 10.1. The van der Waals surface area contributed by atoms with E-state index in [0.29, 0.717) is 28.1 Å². The molecule has 0 spiro atoms. The van der Waals surface area contributed by atoms with Crippen LogP contribution in [0.1, 0.15) is 37.3 Å². The Kier molecular flexibility index (Phi) is 5.80. The van der Waals surface area contributed by atoms with Crippen molar-refractivity contribution in [1.29, 1.82) is 0 Å². The van der Waals surface area contributed by atoms with Gasteiger partial charge in [-0.2, -0.15) is 0 Å². The summed E-state index contributed by atoms with van der Waals surface area (Å²) in [6.07, 6.45) is 2.60. The fraction of sp³-hybridized carbons (Fsp3) is 0.167. The highest BCUT2D eigenvalue weighted by atomic mass is 35.5. The summed E-state index contributed by atoms with van der Waals surface area (Å²) < 4.78 is 5.95. The molecule has 0 bridgehead atoms. The van der Waals surface area contributed by atoms with Gasteiger partial charge in [0.05, 0.1) is 10.7 Å². The molecule has 4 nitrogen and oxygen atoms in total. The van der Waals surface area contributed by atoms with Crippen molar-refractivity contribution in [2.75, 3.05) is 0 Å². The number of nitrogens with zero attached hydrogens (tertiary/aromatic N) is 2. The zero-order chi connectivity index (χ0) is 21.3. The number of hydrogen-bond donors (Lipinski definition) is 1. The van der Waals surface area contributed by atoms with Crippen molar-refractivity contribution in [3.63, 3.8) is 0 Å². The Morgan fingerprint density at radius 1 is 1.13 bits per heavy atom. The highest BCUT2D eigenvalue weighted by molar-refractivity contribution is 6.36. The predicted octanol–water partition coefficient (Wildman–Crippen LogP) is 7.77. The van der Waals surface area contributed by atoms with Crippen LogP contribution in [0.25, 0.3) is 22.6 Å². The Bertz CT molecular complexity index is 1250. The third-order valence-electron chi connectivity index (χ3n) is 5.10. The average molecular weight is 439 g/mol. The van der Waals surface area contributed by atoms with Gasteiger partial charge >= 0.3 is 0 Å². The first kappa shape index (κ1) is 20.5. The van der Waals surface area contributed by atoms with Crippen molar-refractivity contribution in [3.8, 4) is 17.2 Å².